The summed E-state index contributed by atoms with van der Waals surface area (Å²) in [6, 6.07) is 21.9. The van der Waals surface area contributed by atoms with Gasteiger partial charge < -0.3 is 4.74 Å². The number of hydrogen-bond acceptors (Lipinski definition) is 3. The highest BCUT2D eigenvalue weighted by Crippen LogP contribution is 2.44. The van der Waals surface area contributed by atoms with Crippen LogP contribution in [0.2, 0.25) is 0 Å². The van der Waals surface area contributed by atoms with E-state index in [9.17, 15) is 9.59 Å². The van der Waals surface area contributed by atoms with E-state index in [1.165, 1.54) is 22.3 Å². The van der Waals surface area contributed by atoms with Crippen molar-refractivity contribution in [1.29, 1.82) is 0 Å². The van der Waals surface area contributed by atoms with Crippen LogP contribution in [0.15, 0.2) is 66.7 Å². The number of aryl methyl sites for hydroxylation is 1. The van der Waals surface area contributed by atoms with Gasteiger partial charge in [0.1, 0.15) is 6.61 Å². The second kappa shape index (κ2) is 6.64. The van der Waals surface area contributed by atoms with E-state index >= 15 is 0 Å². The number of Topliss-reactive ketones (excluding diaryl/α,β-unsaturated/α-hetero) is 1. The number of carbonyl (C=O) groups is 2. The van der Waals surface area contributed by atoms with Crippen LogP contribution in [0.1, 0.15) is 39.4 Å². The maximum atomic E-state index is 12.4. The van der Waals surface area contributed by atoms with Crippen molar-refractivity contribution >= 4 is 17.6 Å². The van der Waals surface area contributed by atoms with Gasteiger partial charge >= 0.3 is 6.09 Å². The summed E-state index contributed by atoms with van der Waals surface area (Å²) in [5.74, 6) is 0.207. The molecule has 4 heteroatoms. The zero-order chi connectivity index (χ0) is 19.1. The van der Waals surface area contributed by atoms with Crippen molar-refractivity contribution in [1.82, 2.24) is 0 Å². The molecule has 0 fully saturated rings. The summed E-state index contributed by atoms with van der Waals surface area (Å²) in [5, 5.41) is 2.79. The normalized spacial score (nSPS) is 14.4. The molecule has 1 amide bonds. The van der Waals surface area contributed by atoms with E-state index in [1.807, 2.05) is 30.3 Å². The maximum Gasteiger partial charge on any atom is 0.411 e. The fourth-order valence-electron chi connectivity index (χ4n) is 4.29. The van der Waals surface area contributed by atoms with Gasteiger partial charge in [-0.3, -0.25) is 10.1 Å². The third-order valence-electron chi connectivity index (χ3n) is 5.62. The Hall–Kier alpha value is -3.40. The van der Waals surface area contributed by atoms with Crippen LogP contribution >= 0.6 is 0 Å². The number of fused-ring (bicyclic) bond motifs is 4. The third-order valence-corrected chi connectivity index (χ3v) is 5.62. The van der Waals surface area contributed by atoms with E-state index in [0.29, 0.717) is 12.1 Å². The Balaban J connectivity index is 1.30. The monoisotopic (exact) mass is 369 g/mol. The summed E-state index contributed by atoms with van der Waals surface area (Å²) in [7, 11) is 0. The first-order valence-corrected chi connectivity index (χ1v) is 9.49. The minimum atomic E-state index is -0.480. The van der Waals surface area contributed by atoms with Crippen molar-refractivity contribution in [3.8, 4) is 11.1 Å². The van der Waals surface area contributed by atoms with E-state index in [4.69, 9.17) is 4.74 Å². The van der Waals surface area contributed by atoms with Crippen molar-refractivity contribution in [3.63, 3.8) is 0 Å². The van der Waals surface area contributed by atoms with Crippen LogP contribution < -0.4 is 5.32 Å². The van der Waals surface area contributed by atoms with Gasteiger partial charge in [-0.15, -0.1) is 0 Å². The lowest BCUT2D eigenvalue weighted by atomic mass is 9.98. The second-order valence-corrected chi connectivity index (χ2v) is 7.25. The third kappa shape index (κ3) is 2.78. The molecule has 0 unspecified atom stereocenters. The highest BCUT2D eigenvalue weighted by atomic mass is 16.5. The van der Waals surface area contributed by atoms with Crippen molar-refractivity contribution in [2.45, 2.75) is 18.8 Å². The van der Waals surface area contributed by atoms with Crippen LogP contribution in [-0.4, -0.2) is 18.5 Å². The van der Waals surface area contributed by atoms with Crippen molar-refractivity contribution in [3.05, 3.63) is 89.0 Å². The molecule has 4 nitrogen and oxygen atoms in total. The number of ether oxygens (including phenoxy) is 1. The Morgan fingerprint density at radius 1 is 0.893 bits per heavy atom. The van der Waals surface area contributed by atoms with Gasteiger partial charge in [0, 0.05) is 23.6 Å². The zero-order valence-corrected chi connectivity index (χ0v) is 15.3. The quantitative estimate of drug-likeness (QED) is 0.692. The largest absolute Gasteiger partial charge is 0.448 e. The van der Waals surface area contributed by atoms with Crippen LogP contribution in [0.5, 0.6) is 0 Å². The average molecular weight is 369 g/mol. The molecular weight excluding hydrogens is 350 g/mol. The molecule has 3 aromatic carbocycles. The predicted molar refractivity (Wildman–Crippen MR) is 108 cm³/mol. The molecule has 138 valence electrons. The molecule has 0 spiro atoms. The molecule has 28 heavy (non-hydrogen) atoms. The minimum Gasteiger partial charge on any atom is -0.448 e. The molecule has 0 bridgehead atoms. The minimum absolute atomic E-state index is 0.0378. The molecule has 0 saturated heterocycles. The molecule has 0 saturated carbocycles. The Morgan fingerprint density at radius 3 is 2.29 bits per heavy atom. The standard InChI is InChI=1S/C24H19NO3/c26-23-12-9-15-13-16(10-11-17(15)23)25-24(27)28-14-22-20-7-3-1-5-18(20)19-6-2-4-8-21(19)22/h1-8,10-11,13,22H,9,12,14H2,(H,25,27). The fraction of sp³-hybridized carbons (Fsp3) is 0.167. The highest BCUT2D eigenvalue weighted by molar-refractivity contribution is 6.01. The molecule has 0 heterocycles. The van der Waals surface area contributed by atoms with Crippen molar-refractivity contribution in [2.24, 2.45) is 0 Å². The maximum absolute atomic E-state index is 12.4. The topological polar surface area (TPSA) is 55.4 Å². The van der Waals surface area contributed by atoms with Crippen molar-refractivity contribution < 1.29 is 14.3 Å². The van der Waals surface area contributed by atoms with Crippen LogP contribution in [0.25, 0.3) is 11.1 Å². The number of hydrogen-bond donors (Lipinski definition) is 1. The number of benzene rings is 3. The Labute approximate surface area is 163 Å². The van der Waals surface area contributed by atoms with Gasteiger partial charge in [-0.2, -0.15) is 0 Å². The van der Waals surface area contributed by atoms with Crippen molar-refractivity contribution in [2.75, 3.05) is 11.9 Å². The van der Waals surface area contributed by atoms with Gasteiger partial charge in [-0.1, -0.05) is 48.5 Å². The average Bonchev–Trinajstić information content (AvgIpc) is 3.24. The lowest BCUT2D eigenvalue weighted by Gasteiger charge is -2.15. The number of ketones is 1. The van der Waals surface area contributed by atoms with Gasteiger partial charge in [0.15, 0.2) is 5.78 Å². The first kappa shape index (κ1) is 16.8. The van der Waals surface area contributed by atoms with Crippen LogP contribution in [0, 0.1) is 0 Å². The molecule has 1 N–H and O–H groups in total. The molecule has 0 radical (unpaired) electrons. The highest BCUT2D eigenvalue weighted by Gasteiger charge is 2.29. The first-order valence-electron chi connectivity index (χ1n) is 9.49. The number of nitrogens with one attached hydrogen (secondary N) is 1. The smallest absolute Gasteiger partial charge is 0.411 e. The summed E-state index contributed by atoms with van der Waals surface area (Å²) in [6.45, 7) is 0.281. The Kier molecular flexibility index (Phi) is 3.97. The molecular formula is C24H19NO3. The Bertz CT molecular complexity index is 1060. The number of rotatable bonds is 3. The summed E-state index contributed by atoms with van der Waals surface area (Å²) in [5.41, 5.74) is 7.19. The molecule has 2 aliphatic rings. The molecule has 2 aliphatic carbocycles. The zero-order valence-electron chi connectivity index (χ0n) is 15.3. The summed E-state index contributed by atoms with van der Waals surface area (Å²) in [6.07, 6.45) is 0.795. The van der Waals surface area contributed by atoms with Gasteiger partial charge in [-0.25, -0.2) is 4.79 Å². The van der Waals surface area contributed by atoms with Crippen LogP contribution in [0.3, 0.4) is 0 Å². The number of amides is 1. The molecule has 5 rings (SSSR count). The molecule has 3 aromatic rings. The summed E-state index contributed by atoms with van der Waals surface area (Å²) < 4.78 is 5.57. The van der Waals surface area contributed by atoms with E-state index in [-0.39, 0.29) is 18.3 Å². The SMILES string of the molecule is O=C(Nc1ccc2c(c1)CCC2=O)OCC1c2ccccc2-c2ccccc21. The lowest BCUT2D eigenvalue weighted by Crippen LogP contribution is -2.18. The Morgan fingerprint density at radius 2 is 1.57 bits per heavy atom. The molecule has 0 aromatic heterocycles. The van der Waals surface area contributed by atoms with Gasteiger partial charge in [0.25, 0.3) is 0 Å². The number of anilines is 1. The molecule has 0 atom stereocenters. The first-order chi connectivity index (χ1) is 13.7. The second-order valence-electron chi connectivity index (χ2n) is 7.25. The van der Waals surface area contributed by atoms with E-state index in [1.54, 1.807) is 12.1 Å². The number of carbonyl (C=O) groups excluding carboxylic acids is 2. The lowest BCUT2D eigenvalue weighted by molar-refractivity contribution is 0.0994. The summed E-state index contributed by atoms with van der Waals surface area (Å²) >= 11 is 0. The van der Waals surface area contributed by atoms with E-state index in [2.05, 4.69) is 29.6 Å². The summed E-state index contributed by atoms with van der Waals surface area (Å²) in [4.78, 5) is 24.1. The van der Waals surface area contributed by atoms with Gasteiger partial charge in [0.2, 0.25) is 0 Å². The molecule has 0 aliphatic heterocycles. The van der Waals surface area contributed by atoms with Crippen LogP contribution in [0.4, 0.5) is 10.5 Å². The van der Waals surface area contributed by atoms with E-state index in [0.717, 1.165) is 17.5 Å². The van der Waals surface area contributed by atoms with Crippen LogP contribution in [-0.2, 0) is 11.2 Å². The van der Waals surface area contributed by atoms with Gasteiger partial charge in [0.05, 0.1) is 0 Å². The van der Waals surface area contributed by atoms with Gasteiger partial charge in [-0.05, 0) is 52.4 Å². The fourth-order valence-corrected chi connectivity index (χ4v) is 4.29. The van der Waals surface area contributed by atoms with E-state index < -0.39 is 6.09 Å². The predicted octanol–water partition coefficient (Wildman–Crippen LogP) is 5.18.